The van der Waals surface area contributed by atoms with Gasteiger partial charge in [0.15, 0.2) is 11.5 Å². The number of hydrogen-bond donors (Lipinski definition) is 1. The molecular weight excluding hydrogens is 226 g/mol. The van der Waals surface area contributed by atoms with E-state index in [1.54, 1.807) is 7.11 Å². The number of para-hydroxylation sites is 2. The molecule has 18 heavy (non-hydrogen) atoms. The number of benzene rings is 1. The number of ether oxygens (including phenoxy) is 2. The van der Waals surface area contributed by atoms with Gasteiger partial charge in [0.1, 0.15) is 6.10 Å². The summed E-state index contributed by atoms with van der Waals surface area (Å²) in [5.41, 5.74) is 0. The van der Waals surface area contributed by atoms with Crippen LogP contribution in [-0.4, -0.2) is 26.3 Å². The van der Waals surface area contributed by atoms with Crippen molar-refractivity contribution in [1.82, 2.24) is 5.32 Å². The summed E-state index contributed by atoms with van der Waals surface area (Å²) < 4.78 is 11.4. The molecule has 0 aliphatic carbocycles. The van der Waals surface area contributed by atoms with Crippen molar-refractivity contribution >= 4 is 0 Å². The van der Waals surface area contributed by atoms with Gasteiger partial charge >= 0.3 is 0 Å². The van der Waals surface area contributed by atoms with Gasteiger partial charge in [-0.2, -0.15) is 0 Å². The van der Waals surface area contributed by atoms with Crippen LogP contribution in [0.2, 0.25) is 0 Å². The highest BCUT2D eigenvalue weighted by atomic mass is 16.5. The molecule has 1 N–H and O–H groups in total. The summed E-state index contributed by atoms with van der Waals surface area (Å²) in [4.78, 5) is 0. The Morgan fingerprint density at radius 3 is 2.39 bits per heavy atom. The maximum absolute atomic E-state index is 6.06. The molecule has 0 saturated heterocycles. The molecule has 0 heterocycles. The Labute approximate surface area is 110 Å². The monoisotopic (exact) mass is 251 g/mol. The first-order valence-electron chi connectivity index (χ1n) is 6.69. The Kier molecular flexibility index (Phi) is 6.58. The number of hydrogen-bond acceptors (Lipinski definition) is 3. The van der Waals surface area contributed by atoms with Crippen LogP contribution in [-0.2, 0) is 0 Å². The highest BCUT2D eigenvalue weighted by Gasteiger charge is 2.16. The fourth-order valence-corrected chi connectivity index (χ4v) is 1.71. The molecule has 0 fully saturated rings. The van der Waals surface area contributed by atoms with E-state index in [0.717, 1.165) is 31.0 Å². The Bertz CT molecular complexity index is 339. The topological polar surface area (TPSA) is 30.5 Å². The van der Waals surface area contributed by atoms with Crippen LogP contribution < -0.4 is 14.8 Å². The van der Waals surface area contributed by atoms with E-state index < -0.39 is 0 Å². The van der Waals surface area contributed by atoms with Crippen molar-refractivity contribution in [2.24, 2.45) is 5.92 Å². The van der Waals surface area contributed by atoms with E-state index in [1.165, 1.54) is 0 Å². The van der Waals surface area contributed by atoms with Gasteiger partial charge in [-0.3, -0.25) is 0 Å². The summed E-state index contributed by atoms with van der Waals surface area (Å²) in [6, 6.07) is 7.79. The molecule has 3 nitrogen and oxygen atoms in total. The van der Waals surface area contributed by atoms with E-state index >= 15 is 0 Å². The summed E-state index contributed by atoms with van der Waals surface area (Å²) in [5.74, 6) is 2.06. The normalized spacial score (nSPS) is 12.5. The molecule has 1 aromatic carbocycles. The minimum atomic E-state index is 0.160. The molecule has 0 aliphatic rings. The molecule has 0 aromatic heterocycles. The van der Waals surface area contributed by atoms with Crippen molar-refractivity contribution in [2.45, 2.75) is 33.3 Å². The minimum Gasteiger partial charge on any atom is -0.493 e. The van der Waals surface area contributed by atoms with Crippen LogP contribution in [0, 0.1) is 5.92 Å². The average Bonchev–Trinajstić information content (AvgIpc) is 2.38. The summed E-state index contributed by atoms with van der Waals surface area (Å²) in [7, 11) is 1.67. The Balaban J connectivity index is 2.64. The number of methoxy groups -OCH3 is 1. The van der Waals surface area contributed by atoms with E-state index in [2.05, 4.69) is 26.1 Å². The zero-order chi connectivity index (χ0) is 13.4. The van der Waals surface area contributed by atoms with Crippen LogP contribution in [0.1, 0.15) is 27.2 Å². The predicted molar refractivity (Wildman–Crippen MR) is 75.4 cm³/mol. The van der Waals surface area contributed by atoms with Gasteiger partial charge in [0.05, 0.1) is 7.11 Å². The molecule has 102 valence electrons. The van der Waals surface area contributed by atoms with Gasteiger partial charge in [0, 0.05) is 6.54 Å². The standard InChI is InChI=1S/C15H25NO2/c1-5-10-16-11-15(12(2)3)18-14-9-7-6-8-13(14)17-4/h6-9,12,15-16H,5,10-11H2,1-4H3. The second-order valence-corrected chi connectivity index (χ2v) is 4.76. The van der Waals surface area contributed by atoms with E-state index in [1.807, 2.05) is 24.3 Å². The molecule has 0 saturated carbocycles. The lowest BCUT2D eigenvalue weighted by atomic mass is 10.1. The quantitative estimate of drug-likeness (QED) is 0.720. The molecule has 0 spiro atoms. The summed E-state index contributed by atoms with van der Waals surface area (Å²) in [5, 5.41) is 3.41. The van der Waals surface area contributed by atoms with E-state index in [0.29, 0.717) is 5.92 Å². The number of nitrogens with one attached hydrogen (secondary N) is 1. The lowest BCUT2D eigenvalue weighted by Crippen LogP contribution is -2.35. The molecule has 0 amide bonds. The van der Waals surface area contributed by atoms with Crippen molar-refractivity contribution in [3.63, 3.8) is 0 Å². The Morgan fingerprint density at radius 1 is 1.17 bits per heavy atom. The van der Waals surface area contributed by atoms with E-state index in [9.17, 15) is 0 Å². The maximum Gasteiger partial charge on any atom is 0.161 e. The lowest BCUT2D eigenvalue weighted by Gasteiger charge is -2.24. The zero-order valence-corrected chi connectivity index (χ0v) is 11.9. The molecular formula is C15H25NO2. The maximum atomic E-state index is 6.06. The molecule has 1 unspecified atom stereocenters. The smallest absolute Gasteiger partial charge is 0.161 e. The largest absolute Gasteiger partial charge is 0.493 e. The summed E-state index contributed by atoms with van der Waals surface area (Å²) >= 11 is 0. The molecule has 3 heteroatoms. The molecule has 1 atom stereocenters. The van der Waals surface area contributed by atoms with Gasteiger partial charge in [0.2, 0.25) is 0 Å². The van der Waals surface area contributed by atoms with Crippen molar-refractivity contribution < 1.29 is 9.47 Å². The van der Waals surface area contributed by atoms with Crippen LogP contribution in [0.3, 0.4) is 0 Å². The fraction of sp³-hybridized carbons (Fsp3) is 0.600. The van der Waals surface area contributed by atoms with Crippen LogP contribution >= 0.6 is 0 Å². The van der Waals surface area contributed by atoms with Gasteiger partial charge in [-0.1, -0.05) is 32.9 Å². The minimum absolute atomic E-state index is 0.160. The van der Waals surface area contributed by atoms with Gasteiger partial charge in [-0.05, 0) is 31.0 Å². The van der Waals surface area contributed by atoms with Crippen molar-refractivity contribution in [3.8, 4) is 11.5 Å². The van der Waals surface area contributed by atoms with Gasteiger partial charge in [-0.15, -0.1) is 0 Å². The Hall–Kier alpha value is -1.22. The molecule has 1 aromatic rings. The predicted octanol–water partition coefficient (Wildman–Crippen LogP) is 3.10. The second kappa shape index (κ2) is 7.98. The van der Waals surface area contributed by atoms with Crippen molar-refractivity contribution in [2.75, 3.05) is 20.2 Å². The van der Waals surface area contributed by atoms with Crippen molar-refractivity contribution in [1.29, 1.82) is 0 Å². The van der Waals surface area contributed by atoms with Crippen LogP contribution in [0.5, 0.6) is 11.5 Å². The van der Waals surface area contributed by atoms with Crippen LogP contribution in [0.4, 0.5) is 0 Å². The Morgan fingerprint density at radius 2 is 1.83 bits per heavy atom. The van der Waals surface area contributed by atoms with Gasteiger partial charge in [0.25, 0.3) is 0 Å². The van der Waals surface area contributed by atoms with Crippen molar-refractivity contribution in [3.05, 3.63) is 24.3 Å². The highest BCUT2D eigenvalue weighted by Crippen LogP contribution is 2.27. The van der Waals surface area contributed by atoms with E-state index in [-0.39, 0.29) is 6.10 Å². The SMILES string of the molecule is CCCNCC(Oc1ccccc1OC)C(C)C. The fourth-order valence-electron chi connectivity index (χ4n) is 1.71. The lowest BCUT2D eigenvalue weighted by molar-refractivity contribution is 0.144. The first-order valence-corrected chi connectivity index (χ1v) is 6.69. The third kappa shape index (κ3) is 4.57. The summed E-state index contributed by atoms with van der Waals surface area (Å²) in [6.07, 6.45) is 1.30. The molecule has 0 bridgehead atoms. The van der Waals surface area contributed by atoms with Gasteiger partial charge < -0.3 is 14.8 Å². The average molecular weight is 251 g/mol. The van der Waals surface area contributed by atoms with E-state index in [4.69, 9.17) is 9.47 Å². The third-order valence-corrected chi connectivity index (χ3v) is 2.86. The van der Waals surface area contributed by atoms with Gasteiger partial charge in [-0.25, -0.2) is 0 Å². The third-order valence-electron chi connectivity index (χ3n) is 2.86. The molecule has 0 radical (unpaired) electrons. The first-order chi connectivity index (χ1) is 8.69. The molecule has 1 rings (SSSR count). The second-order valence-electron chi connectivity index (χ2n) is 4.76. The van der Waals surface area contributed by atoms with Crippen LogP contribution in [0.25, 0.3) is 0 Å². The zero-order valence-electron chi connectivity index (χ0n) is 11.9. The number of rotatable bonds is 8. The molecule has 0 aliphatic heterocycles. The summed E-state index contributed by atoms with van der Waals surface area (Å²) in [6.45, 7) is 8.40. The first kappa shape index (κ1) is 14.8. The van der Waals surface area contributed by atoms with Crippen LogP contribution in [0.15, 0.2) is 24.3 Å². The highest BCUT2D eigenvalue weighted by molar-refractivity contribution is 5.39.